The number of carbonyl (C=O) groups is 1. The Morgan fingerprint density at radius 1 is 1.08 bits per heavy atom. The van der Waals surface area contributed by atoms with E-state index in [0.29, 0.717) is 10.6 Å². The van der Waals surface area contributed by atoms with E-state index >= 15 is 0 Å². The predicted molar refractivity (Wildman–Crippen MR) is 99.8 cm³/mol. The monoisotopic (exact) mass is 365 g/mol. The average molecular weight is 365 g/mol. The molecule has 0 atom stereocenters. The molecule has 7 nitrogen and oxygen atoms in total. The third-order valence-electron chi connectivity index (χ3n) is 3.34. The van der Waals surface area contributed by atoms with Gasteiger partial charge >= 0.3 is 0 Å². The quantitative estimate of drug-likeness (QED) is 0.353. The van der Waals surface area contributed by atoms with Gasteiger partial charge < -0.3 is 0 Å². The number of hydrogen-bond donors (Lipinski definition) is 3. The highest BCUT2D eigenvalue weighted by Crippen LogP contribution is 2.28. The Hall–Kier alpha value is -3.39. The molecule has 0 spiro atoms. The summed E-state index contributed by atoms with van der Waals surface area (Å²) in [5, 5.41) is 11.2. The van der Waals surface area contributed by atoms with E-state index < -0.39 is 5.91 Å². The SMILES string of the molecule is N=CNNC(=O)c1nn(-c2ccccc2)c(=O)cc1Sc1ccccc1. The maximum absolute atomic E-state index is 12.5. The molecule has 3 N–H and O–H groups in total. The van der Waals surface area contributed by atoms with Crippen LogP contribution in [0.15, 0.2) is 81.3 Å². The summed E-state index contributed by atoms with van der Waals surface area (Å²) in [7, 11) is 0. The van der Waals surface area contributed by atoms with E-state index in [9.17, 15) is 9.59 Å². The third-order valence-corrected chi connectivity index (χ3v) is 4.38. The smallest absolute Gasteiger partial charge is 0.290 e. The number of hydrogen-bond acceptors (Lipinski definition) is 5. The zero-order valence-electron chi connectivity index (χ0n) is 13.5. The number of hydrazine groups is 1. The van der Waals surface area contributed by atoms with Crippen molar-refractivity contribution in [1.82, 2.24) is 20.6 Å². The van der Waals surface area contributed by atoms with E-state index in [-0.39, 0.29) is 11.3 Å². The van der Waals surface area contributed by atoms with Gasteiger partial charge in [-0.05, 0) is 24.3 Å². The first-order chi connectivity index (χ1) is 12.7. The zero-order chi connectivity index (χ0) is 18.4. The van der Waals surface area contributed by atoms with E-state index in [1.165, 1.54) is 22.5 Å². The molecule has 0 unspecified atom stereocenters. The molecule has 1 heterocycles. The minimum Gasteiger partial charge on any atom is -0.290 e. The number of nitrogens with one attached hydrogen (secondary N) is 3. The highest BCUT2D eigenvalue weighted by Gasteiger charge is 2.18. The number of nitrogens with zero attached hydrogens (tertiary/aromatic N) is 2. The van der Waals surface area contributed by atoms with Gasteiger partial charge in [-0.3, -0.25) is 25.8 Å². The Morgan fingerprint density at radius 3 is 2.38 bits per heavy atom. The molecule has 26 heavy (non-hydrogen) atoms. The number of amides is 1. The molecule has 0 fully saturated rings. The summed E-state index contributed by atoms with van der Waals surface area (Å²) in [5.41, 5.74) is 4.96. The van der Waals surface area contributed by atoms with Crippen LogP contribution >= 0.6 is 11.8 Å². The Kier molecular flexibility index (Phi) is 5.45. The van der Waals surface area contributed by atoms with Crippen molar-refractivity contribution in [3.8, 4) is 5.69 Å². The van der Waals surface area contributed by atoms with Gasteiger partial charge in [0.25, 0.3) is 11.5 Å². The lowest BCUT2D eigenvalue weighted by molar-refractivity contribution is 0.0934. The van der Waals surface area contributed by atoms with Crippen molar-refractivity contribution in [1.29, 1.82) is 5.41 Å². The summed E-state index contributed by atoms with van der Waals surface area (Å²) >= 11 is 1.27. The van der Waals surface area contributed by atoms with Gasteiger partial charge in [0.2, 0.25) is 0 Å². The van der Waals surface area contributed by atoms with Crippen molar-refractivity contribution < 1.29 is 4.79 Å². The van der Waals surface area contributed by atoms with Gasteiger partial charge in [0.1, 0.15) is 0 Å². The van der Waals surface area contributed by atoms with E-state index in [4.69, 9.17) is 5.41 Å². The first-order valence-electron chi connectivity index (χ1n) is 7.66. The molecule has 1 aromatic heterocycles. The minimum absolute atomic E-state index is 0.0802. The van der Waals surface area contributed by atoms with Gasteiger partial charge in [0.05, 0.1) is 16.9 Å². The van der Waals surface area contributed by atoms with Gasteiger partial charge in [-0.2, -0.15) is 9.78 Å². The molecular weight excluding hydrogens is 350 g/mol. The van der Waals surface area contributed by atoms with Crippen molar-refractivity contribution >= 4 is 24.0 Å². The highest BCUT2D eigenvalue weighted by molar-refractivity contribution is 7.99. The molecule has 0 aliphatic rings. The largest absolute Gasteiger partial charge is 0.291 e. The summed E-state index contributed by atoms with van der Waals surface area (Å²) < 4.78 is 1.17. The van der Waals surface area contributed by atoms with Crippen molar-refractivity contribution in [2.75, 3.05) is 0 Å². The fraction of sp³-hybridized carbons (Fsp3) is 0. The lowest BCUT2D eigenvalue weighted by Crippen LogP contribution is -2.38. The molecule has 0 saturated carbocycles. The maximum Gasteiger partial charge on any atom is 0.291 e. The number of carbonyl (C=O) groups excluding carboxylic acids is 1. The van der Waals surface area contributed by atoms with Crippen LogP contribution in [-0.2, 0) is 0 Å². The number of benzene rings is 2. The van der Waals surface area contributed by atoms with Crippen molar-refractivity contribution in [2.24, 2.45) is 0 Å². The fourth-order valence-corrected chi connectivity index (χ4v) is 3.14. The second-order valence-corrected chi connectivity index (χ2v) is 6.22. The summed E-state index contributed by atoms with van der Waals surface area (Å²) in [6, 6.07) is 19.6. The number of para-hydroxylation sites is 1. The lowest BCUT2D eigenvalue weighted by Gasteiger charge is -2.11. The van der Waals surface area contributed by atoms with Gasteiger partial charge in [0.15, 0.2) is 5.69 Å². The number of aromatic nitrogens is 2. The predicted octanol–water partition coefficient (Wildman–Crippen LogP) is 2.23. The molecule has 8 heteroatoms. The van der Waals surface area contributed by atoms with Gasteiger partial charge in [-0.15, -0.1) is 0 Å². The van der Waals surface area contributed by atoms with E-state index in [2.05, 4.69) is 16.0 Å². The highest BCUT2D eigenvalue weighted by atomic mass is 32.2. The Bertz CT molecular complexity index is 974. The molecular formula is C18H15N5O2S. The Morgan fingerprint density at radius 2 is 1.73 bits per heavy atom. The number of rotatable bonds is 6. The van der Waals surface area contributed by atoms with Crippen LogP contribution in [0, 0.1) is 5.41 Å². The van der Waals surface area contributed by atoms with Gasteiger partial charge in [0, 0.05) is 11.0 Å². The molecule has 0 bridgehead atoms. The first-order valence-corrected chi connectivity index (χ1v) is 8.48. The lowest BCUT2D eigenvalue weighted by atomic mass is 10.3. The first kappa shape index (κ1) is 17.4. The minimum atomic E-state index is -0.545. The van der Waals surface area contributed by atoms with Gasteiger partial charge in [-0.25, -0.2) is 0 Å². The van der Waals surface area contributed by atoms with Crippen LogP contribution in [0.1, 0.15) is 10.5 Å². The van der Waals surface area contributed by atoms with Crippen molar-refractivity contribution in [3.05, 3.63) is 82.8 Å². The molecule has 130 valence electrons. The summed E-state index contributed by atoms with van der Waals surface area (Å²) in [6.45, 7) is 0. The molecule has 3 aromatic rings. The fourth-order valence-electron chi connectivity index (χ4n) is 2.21. The molecule has 1 amide bonds. The second-order valence-electron chi connectivity index (χ2n) is 5.10. The molecule has 0 aliphatic carbocycles. The second kappa shape index (κ2) is 8.13. The van der Waals surface area contributed by atoms with Gasteiger partial charge in [-0.1, -0.05) is 48.2 Å². The van der Waals surface area contributed by atoms with Crippen LogP contribution in [0.2, 0.25) is 0 Å². The van der Waals surface area contributed by atoms with Crippen LogP contribution in [0.4, 0.5) is 0 Å². The summed E-state index contributed by atoms with van der Waals surface area (Å²) in [5.74, 6) is -0.545. The van der Waals surface area contributed by atoms with Crippen LogP contribution in [-0.4, -0.2) is 22.0 Å². The van der Waals surface area contributed by atoms with Crippen LogP contribution in [0.5, 0.6) is 0 Å². The van der Waals surface area contributed by atoms with Crippen LogP contribution in [0.25, 0.3) is 5.69 Å². The molecule has 3 rings (SSSR count). The zero-order valence-corrected chi connectivity index (χ0v) is 14.4. The topological polar surface area (TPSA) is 99.9 Å². The maximum atomic E-state index is 12.5. The Labute approximate surface area is 153 Å². The van der Waals surface area contributed by atoms with Crippen molar-refractivity contribution in [3.63, 3.8) is 0 Å². The average Bonchev–Trinajstić information content (AvgIpc) is 2.68. The molecule has 2 aromatic carbocycles. The Balaban J connectivity index is 2.07. The summed E-state index contributed by atoms with van der Waals surface area (Å²) in [4.78, 5) is 26.3. The standard InChI is InChI=1S/C18H15N5O2S/c19-12-20-21-18(25)17-15(26-14-9-5-2-6-10-14)11-16(24)23(22-17)13-7-3-1-4-8-13/h1-12H,(H2,19,20)(H,21,25). The normalized spacial score (nSPS) is 10.2. The van der Waals surface area contributed by atoms with E-state index in [1.807, 2.05) is 36.4 Å². The molecule has 0 saturated heterocycles. The van der Waals surface area contributed by atoms with E-state index in [1.54, 1.807) is 24.3 Å². The molecule has 0 aliphatic heterocycles. The van der Waals surface area contributed by atoms with Crippen molar-refractivity contribution in [2.45, 2.75) is 9.79 Å². The van der Waals surface area contributed by atoms with Crippen LogP contribution < -0.4 is 16.4 Å². The summed E-state index contributed by atoms with van der Waals surface area (Å²) in [6.07, 6.45) is 0.842. The van der Waals surface area contributed by atoms with Crippen LogP contribution in [0.3, 0.4) is 0 Å². The van der Waals surface area contributed by atoms with E-state index in [0.717, 1.165) is 11.2 Å². The molecule has 0 radical (unpaired) electrons. The third kappa shape index (κ3) is 3.98.